The molecule has 0 bridgehead atoms. The van der Waals surface area contributed by atoms with E-state index in [1.54, 1.807) is 6.33 Å². The van der Waals surface area contributed by atoms with Gasteiger partial charge in [0.05, 0.1) is 0 Å². The Labute approximate surface area is 97.7 Å². The quantitative estimate of drug-likeness (QED) is 0.826. The minimum atomic E-state index is 0.460. The van der Waals surface area contributed by atoms with Crippen LogP contribution in [-0.2, 0) is 0 Å². The monoisotopic (exact) mass is 219 g/mol. The number of hydrogen-bond acceptors (Lipinski definition) is 3. The maximum absolute atomic E-state index is 4.27. The van der Waals surface area contributed by atoms with Crippen LogP contribution in [0.2, 0.25) is 0 Å². The minimum absolute atomic E-state index is 0.460. The number of nitrogens with one attached hydrogen (secondary N) is 1. The Morgan fingerprint density at radius 2 is 2.06 bits per heavy atom. The van der Waals surface area contributed by atoms with E-state index in [4.69, 9.17) is 0 Å². The highest BCUT2D eigenvalue weighted by atomic mass is 15.0. The molecule has 0 amide bonds. The van der Waals surface area contributed by atoms with Crippen LogP contribution in [0.4, 0.5) is 5.82 Å². The third-order valence-corrected chi connectivity index (χ3v) is 3.06. The van der Waals surface area contributed by atoms with Crippen molar-refractivity contribution in [3.63, 3.8) is 0 Å². The van der Waals surface area contributed by atoms with Gasteiger partial charge in [-0.3, -0.25) is 0 Å². The van der Waals surface area contributed by atoms with Crippen LogP contribution in [0.3, 0.4) is 0 Å². The first-order valence-electron chi connectivity index (χ1n) is 6.23. The molecule has 1 aromatic heterocycles. The van der Waals surface area contributed by atoms with Crippen molar-refractivity contribution < 1.29 is 0 Å². The lowest BCUT2D eigenvalue weighted by atomic mass is 10.1. The van der Waals surface area contributed by atoms with E-state index in [0.29, 0.717) is 12.0 Å². The van der Waals surface area contributed by atoms with Crippen LogP contribution in [0.5, 0.6) is 0 Å². The summed E-state index contributed by atoms with van der Waals surface area (Å²) in [5, 5.41) is 3.46. The zero-order valence-electron chi connectivity index (χ0n) is 10.4. The number of aromatic nitrogens is 2. The molecule has 3 nitrogen and oxygen atoms in total. The fraction of sp³-hybridized carbons (Fsp3) is 0.692. The molecule has 88 valence electrons. The summed E-state index contributed by atoms with van der Waals surface area (Å²) in [5.74, 6) is 2.38. The van der Waals surface area contributed by atoms with Gasteiger partial charge >= 0.3 is 0 Å². The Kier molecular flexibility index (Phi) is 3.42. The summed E-state index contributed by atoms with van der Waals surface area (Å²) < 4.78 is 0. The summed E-state index contributed by atoms with van der Waals surface area (Å²) in [6, 6.07) is 2.58. The Hall–Kier alpha value is -1.12. The largest absolute Gasteiger partial charge is 0.368 e. The summed E-state index contributed by atoms with van der Waals surface area (Å²) in [4.78, 5) is 8.54. The van der Waals surface area contributed by atoms with E-state index in [9.17, 15) is 0 Å². The SMILES string of the molecule is CC(CC1CC1)Nc1cc(C(C)C)ncn1. The third kappa shape index (κ3) is 3.19. The molecule has 1 unspecified atom stereocenters. The van der Waals surface area contributed by atoms with E-state index in [1.165, 1.54) is 19.3 Å². The van der Waals surface area contributed by atoms with Gasteiger partial charge in [-0.15, -0.1) is 0 Å². The lowest BCUT2D eigenvalue weighted by molar-refractivity contribution is 0.639. The molecule has 1 aromatic rings. The van der Waals surface area contributed by atoms with Crippen LogP contribution in [0, 0.1) is 5.92 Å². The number of rotatable bonds is 5. The van der Waals surface area contributed by atoms with Gasteiger partial charge in [-0.25, -0.2) is 9.97 Å². The fourth-order valence-corrected chi connectivity index (χ4v) is 1.93. The van der Waals surface area contributed by atoms with Crippen LogP contribution in [0.25, 0.3) is 0 Å². The van der Waals surface area contributed by atoms with Gasteiger partial charge < -0.3 is 5.32 Å². The van der Waals surface area contributed by atoms with E-state index in [0.717, 1.165) is 17.4 Å². The minimum Gasteiger partial charge on any atom is -0.368 e. The van der Waals surface area contributed by atoms with Crippen molar-refractivity contribution in [1.82, 2.24) is 9.97 Å². The molecule has 1 heterocycles. The lowest BCUT2D eigenvalue weighted by Gasteiger charge is -2.14. The Bertz CT molecular complexity index is 345. The van der Waals surface area contributed by atoms with Gasteiger partial charge in [-0.1, -0.05) is 26.7 Å². The molecular formula is C13H21N3. The van der Waals surface area contributed by atoms with Crippen molar-refractivity contribution in [2.45, 2.75) is 52.0 Å². The Morgan fingerprint density at radius 1 is 1.31 bits per heavy atom. The summed E-state index contributed by atoms with van der Waals surface area (Å²) in [6.07, 6.45) is 5.74. The van der Waals surface area contributed by atoms with E-state index in [1.807, 2.05) is 0 Å². The normalized spacial score (nSPS) is 17.5. The molecule has 0 spiro atoms. The molecule has 1 atom stereocenters. The molecule has 1 aliphatic carbocycles. The highest BCUT2D eigenvalue weighted by molar-refractivity contribution is 5.36. The molecule has 1 N–H and O–H groups in total. The average molecular weight is 219 g/mol. The third-order valence-electron chi connectivity index (χ3n) is 3.06. The molecule has 1 aliphatic rings. The number of hydrogen-bond donors (Lipinski definition) is 1. The van der Waals surface area contributed by atoms with Gasteiger partial charge in [0.15, 0.2) is 0 Å². The van der Waals surface area contributed by atoms with Crippen LogP contribution in [0.1, 0.15) is 51.6 Å². The predicted octanol–water partition coefficient (Wildman–Crippen LogP) is 3.20. The van der Waals surface area contributed by atoms with Crippen molar-refractivity contribution in [3.8, 4) is 0 Å². The van der Waals surface area contributed by atoms with Crippen molar-refractivity contribution in [2.75, 3.05) is 5.32 Å². The van der Waals surface area contributed by atoms with E-state index >= 15 is 0 Å². The summed E-state index contributed by atoms with van der Waals surface area (Å²) in [5.41, 5.74) is 1.11. The van der Waals surface area contributed by atoms with Gasteiger partial charge in [0.1, 0.15) is 12.1 Å². The van der Waals surface area contributed by atoms with Crippen LogP contribution < -0.4 is 5.32 Å². The smallest absolute Gasteiger partial charge is 0.129 e. The number of anilines is 1. The van der Waals surface area contributed by atoms with Crippen molar-refractivity contribution in [2.24, 2.45) is 5.92 Å². The summed E-state index contributed by atoms with van der Waals surface area (Å²) >= 11 is 0. The molecule has 0 aliphatic heterocycles. The lowest BCUT2D eigenvalue weighted by Crippen LogP contribution is -2.17. The van der Waals surface area contributed by atoms with Crippen LogP contribution in [-0.4, -0.2) is 16.0 Å². The molecular weight excluding hydrogens is 198 g/mol. The number of nitrogens with zero attached hydrogens (tertiary/aromatic N) is 2. The van der Waals surface area contributed by atoms with Crippen molar-refractivity contribution in [3.05, 3.63) is 18.1 Å². The highest BCUT2D eigenvalue weighted by Crippen LogP contribution is 2.33. The van der Waals surface area contributed by atoms with Gasteiger partial charge in [-0.05, 0) is 25.2 Å². The first-order chi connectivity index (χ1) is 7.65. The van der Waals surface area contributed by atoms with Gasteiger partial charge in [0.2, 0.25) is 0 Å². The molecule has 1 fully saturated rings. The van der Waals surface area contributed by atoms with E-state index in [2.05, 4.69) is 42.1 Å². The van der Waals surface area contributed by atoms with Crippen molar-refractivity contribution >= 4 is 5.82 Å². The predicted molar refractivity (Wildman–Crippen MR) is 66.5 cm³/mol. The molecule has 1 saturated carbocycles. The highest BCUT2D eigenvalue weighted by Gasteiger charge is 2.23. The first-order valence-corrected chi connectivity index (χ1v) is 6.23. The van der Waals surface area contributed by atoms with E-state index in [-0.39, 0.29) is 0 Å². The van der Waals surface area contributed by atoms with Gasteiger partial charge in [0, 0.05) is 17.8 Å². The standard InChI is InChI=1S/C13H21N3/c1-9(2)12-7-13(15-8-14-12)16-10(3)6-11-4-5-11/h7-11H,4-6H2,1-3H3,(H,14,15,16). The zero-order chi connectivity index (χ0) is 11.5. The van der Waals surface area contributed by atoms with Crippen molar-refractivity contribution in [1.29, 1.82) is 0 Å². The second-order valence-electron chi connectivity index (χ2n) is 5.21. The second-order valence-corrected chi connectivity index (χ2v) is 5.21. The second kappa shape index (κ2) is 4.81. The van der Waals surface area contributed by atoms with Gasteiger partial charge in [0.25, 0.3) is 0 Å². The Morgan fingerprint density at radius 3 is 2.69 bits per heavy atom. The zero-order valence-corrected chi connectivity index (χ0v) is 10.4. The van der Waals surface area contributed by atoms with E-state index < -0.39 is 0 Å². The molecule has 3 heteroatoms. The Balaban J connectivity index is 1.94. The van der Waals surface area contributed by atoms with Gasteiger partial charge in [-0.2, -0.15) is 0 Å². The maximum Gasteiger partial charge on any atom is 0.129 e. The summed E-state index contributed by atoms with van der Waals surface area (Å²) in [7, 11) is 0. The average Bonchev–Trinajstić information content (AvgIpc) is 3.01. The molecule has 0 radical (unpaired) electrons. The topological polar surface area (TPSA) is 37.8 Å². The molecule has 0 aromatic carbocycles. The first kappa shape index (κ1) is 11.4. The molecule has 2 rings (SSSR count). The van der Waals surface area contributed by atoms with Crippen LogP contribution in [0.15, 0.2) is 12.4 Å². The molecule has 0 saturated heterocycles. The fourth-order valence-electron chi connectivity index (χ4n) is 1.93. The van der Waals surface area contributed by atoms with Crippen LogP contribution >= 0.6 is 0 Å². The summed E-state index contributed by atoms with van der Waals surface area (Å²) in [6.45, 7) is 6.54. The molecule has 16 heavy (non-hydrogen) atoms. The maximum atomic E-state index is 4.27.